The Morgan fingerprint density at radius 3 is 2.11 bits per heavy atom. The molecule has 0 spiro atoms. The Balaban J connectivity index is 0.00000342. The molecule has 0 radical (unpaired) electrons. The first-order valence-corrected chi connectivity index (χ1v) is 10.8. The van der Waals surface area contributed by atoms with Crippen molar-refractivity contribution in [3.63, 3.8) is 0 Å². The Bertz CT molecular complexity index is 1060. The van der Waals surface area contributed by atoms with Crippen molar-refractivity contribution in [2.24, 2.45) is 5.10 Å². The van der Waals surface area contributed by atoms with Crippen molar-refractivity contribution >= 4 is 41.1 Å². The van der Waals surface area contributed by atoms with Crippen molar-refractivity contribution in [1.82, 2.24) is 5.32 Å². The smallest absolute Gasteiger partial charge is 0.369 e. The summed E-state index contributed by atoms with van der Waals surface area (Å²) in [5.41, 5.74) is -5.21. The number of rotatable bonds is 4. The van der Waals surface area contributed by atoms with E-state index in [1.807, 2.05) is 11.0 Å². The largest absolute Gasteiger partial charge is 0.431 e. The predicted molar refractivity (Wildman–Crippen MR) is 125 cm³/mol. The highest BCUT2D eigenvalue weighted by molar-refractivity contribution is 6.31. The number of piperazine rings is 1. The van der Waals surface area contributed by atoms with Gasteiger partial charge in [-0.05, 0) is 29.8 Å². The van der Waals surface area contributed by atoms with Gasteiger partial charge in [0.05, 0.1) is 17.4 Å². The second-order valence-corrected chi connectivity index (χ2v) is 8.50. The average Bonchev–Trinajstić information content (AvgIpc) is 3.23. The molecule has 1 fully saturated rings. The number of hydrazone groups is 1. The fourth-order valence-electron chi connectivity index (χ4n) is 4.20. The lowest BCUT2D eigenvalue weighted by molar-refractivity contribution is -0.338. The van der Waals surface area contributed by atoms with Crippen LogP contribution in [0.25, 0.3) is 0 Å². The van der Waals surface area contributed by atoms with Crippen LogP contribution in [-0.4, -0.2) is 55.0 Å². The first kappa shape index (κ1) is 27.4. The van der Waals surface area contributed by atoms with Gasteiger partial charge in [-0.15, -0.1) is 12.4 Å². The zero-order valence-electron chi connectivity index (χ0n) is 18.1. The van der Waals surface area contributed by atoms with Crippen LogP contribution in [0.5, 0.6) is 0 Å². The molecule has 0 bridgehead atoms. The molecule has 4 rings (SSSR count). The van der Waals surface area contributed by atoms with Gasteiger partial charge in [-0.3, -0.25) is 5.01 Å². The van der Waals surface area contributed by atoms with E-state index in [0.29, 0.717) is 18.7 Å². The molecule has 2 aliphatic heterocycles. The van der Waals surface area contributed by atoms with Gasteiger partial charge in [0.25, 0.3) is 5.60 Å². The molecule has 35 heavy (non-hydrogen) atoms. The van der Waals surface area contributed by atoms with Crippen LogP contribution in [-0.2, 0) is 0 Å². The Morgan fingerprint density at radius 2 is 1.51 bits per heavy atom. The molecule has 2 aromatic carbocycles. The van der Waals surface area contributed by atoms with Crippen LogP contribution in [0, 0.1) is 0 Å². The number of nitrogens with zero attached hydrogens (tertiary/aromatic N) is 3. The third kappa shape index (κ3) is 5.04. The Morgan fingerprint density at radius 1 is 0.914 bits per heavy atom. The Labute approximate surface area is 208 Å². The van der Waals surface area contributed by atoms with Gasteiger partial charge >= 0.3 is 12.4 Å². The summed E-state index contributed by atoms with van der Waals surface area (Å²) in [6.45, 7) is 2.85. The van der Waals surface area contributed by atoms with Crippen molar-refractivity contribution in [3.8, 4) is 0 Å². The number of hydrogen-bond donors (Lipinski definition) is 2. The molecule has 2 aliphatic rings. The van der Waals surface area contributed by atoms with Crippen LogP contribution in [0.15, 0.2) is 53.6 Å². The normalized spacial score (nSPS) is 19.4. The minimum absolute atomic E-state index is 0. The van der Waals surface area contributed by atoms with E-state index in [1.54, 1.807) is 30.3 Å². The van der Waals surface area contributed by atoms with Crippen LogP contribution >= 0.6 is 24.0 Å². The van der Waals surface area contributed by atoms with E-state index in [9.17, 15) is 31.4 Å². The lowest BCUT2D eigenvalue weighted by Gasteiger charge is -2.32. The fraction of sp³-hybridized carbons (Fsp3) is 0.409. The van der Waals surface area contributed by atoms with Gasteiger partial charge < -0.3 is 15.3 Å². The summed E-state index contributed by atoms with van der Waals surface area (Å²) in [5, 5.41) is 18.2. The number of aliphatic hydroxyl groups is 1. The summed E-state index contributed by atoms with van der Waals surface area (Å²) in [4.78, 5) is 2.05. The summed E-state index contributed by atoms with van der Waals surface area (Å²) >= 11 is 6.25. The van der Waals surface area contributed by atoms with Crippen molar-refractivity contribution in [3.05, 3.63) is 59.1 Å². The summed E-state index contributed by atoms with van der Waals surface area (Å²) in [7, 11) is 0. The number of alkyl halides is 6. The molecular formula is C22H22Cl2F6N4O. The van der Waals surface area contributed by atoms with Crippen LogP contribution in [0.1, 0.15) is 18.0 Å². The fourth-order valence-corrected chi connectivity index (χ4v) is 4.46. The van der Waals surface area contributed by atoms with Crippen molar-refractivity contribution in [2.45, 2.75) is 30.4 Å². The molecule has 192 valence electrons. The molecule has 2 heterocycles. The number of hydrogen-bond acceptors (Lipinski definition) is 5. The second-order valence-electron chi connectivity index (χ2n) is 8.10. The minimum atomic E-state index is -6.02. The Kier molecular flexibility index (Phi) is 7.85. The molecular weight excluding hydrogens is 521 g/mol. The molecule has 1 unspecified atom stereocenters. The van der Waals surface area contributed by atoms with Gasteiger partial charge in [0.2, 0.25) is 0 Å². The van der Waals surface area contributed by atoms with Crippen molar-refractivity contribution < 1.29 is 31.4 Å². The van der Waals surface area contributed by atoms with E-state index in [0.717, 1.165) is 23.8 Å². The SMILES string of the molecule is Cl.OC(C1=NN(c2cccc(N3CCNCC3)c2)C(c2ccccc2Cl)C1)(C(F)(F)F)C(F)(F)F. The van der Waals surface area contributed by atoms with Crippen LogP contribution in [0.2, 0.25) is 5.02 Å². The molecule has 1 saturated heterocycles. The first-order valence-electron chi connectivity index (χ1n) is 10.5. The summed E-state index contributed by atoms with van der Waals surface area (Å²) < 4.78 is 81.5. The van der Waals surface area contributed by atoms with Gasteiger partial charge in [-0.1, -0.05) is 35.9 Å². The number of benzene rings is 2. The Hall–Kier alpha value is -2.21. The molecule has 0 amide bonds. The van der Waals surface area contributed by atoms with E-state index in [1.165, 1.54) is 12.1 Å². The average molecular weight is 543 g/mol. The monoisotopic (exact) mass is 542 g/mol. The molecule has 0 aromatic heterocycles. The molecule has 0 aliphatic carbocycles. The first-order chi connectivity index (χ1) is 15.9. The molecule has 5 nitrogen and oxygen atoms in total. The van der Waals surface area contributed by atoms with E-state index >= 15 is 0 Å². The maximum atomic E-state index is 13.6. The topological polar surface area (TPSA) is 51.1 Å². The van der Waals surface area contributed by atoms with Crippen molar-refractivity contribution in [1.29, 1.82) is 0 Å². The summed E-state index contributed by atoms with van der Waals surface area (Å²) in [6, 6.07) is 11.8. The third-order valence-corrected chi connectivity index (χ3v) is 6.33. The van der Waals surface area contributed by atoms with Crippen molar-refractivity contribution in [2.75, 3.05) is 36.1 Å². The summed E-state index contributed by atoms with van der Waals surface area (Å²) in [6.07, 6.45) is -12.9. The third-order valence-electron chi connectivity index (χ3n) is 5.99. The van der Waals surface area contributed by atoms with Gasteiger partial charge in [-0.2, -0.15) is 31.4 Å². The highest BCUT2D eigenvalue weighted by Gasteiger charge is 2.74. The zero-order valence-corrected chi connectivity index (χ0v) is 19.6. The van der Waals surface area contributed by atoms with E-state index in [4.69, 9.17) is 11.6 Å². The van der Waals surface area contributed by atoms with Crippen LogP contribution in [0.3, 0.4) is 0 Å². The molecule has 2 aromatic rings. The van der Waals surface area contributed by atoms with Gasteiger partial charge in [0, 0.05) is 43.3 Å². The van der Waals surface area contributed by atoms with Gasteiger partial charge in [-0.25, -0.2) is 0 Å². The van der Waals surface area contributed by atoms with E-state index in [-0.39, 0.29) is 23.1 Å². The maximum absolute atomic E-state index is 13.6. The minimum Gasteiger partial charge on any atom is -0.369 e. The maximum Gasteiger partial charge on any atom is 0.431 e. The number of anilines is 2. The highest BCUT2D eigenvalue weighted by atomic mass is 35.5. The van der Waals surface area contributed by atoms with Crippen LogP contribution in [0.4, 0.5) is 37.7 Å². The molecule has 13 heteroatoms. The van der Waals surface area contributed by atoms with E-state index < -0.39 is 36.1 Å². The molecule has 2 N–H and O–H groups in total. The molecule has 0 saturated carbocycles. The quantitative estimate of drug-likeness (QED) is 0.512. The predicted octanol–water partition coefficient (Wildman–Crippen LogP) is 5.33. The zero-order chi connectivity index (χ0) is 24.7. The summed E-state index contributed by atoms with van der Waals surface area (Å²) in [5.74, 6) is 0. The van der Waals surface area contributed by atoms with E-state index in [2.05, 4.69) is 10.4 Å². The highest BCUT2D eigenvalue weighted by Crippen LogP contribution is 2.49. The lowest BCUT2D eigenvalue weighted by Crippen LogP contribution is -2.62. The lowest BCUT2D eigenvalue weighted by atomic mass is 9.90. The second kappa shape index (κ2) is 10.0. The van der Waals surface area contributed by atoms with Crippen LogP contribution < -0.4 is 15.2 Å². The standard InChI is InChI=1S/C22H21ClF6N4O.ClH/c23-17-7-2-1-6-16(17)18-13-19(20(34,21(24,25)26)22(27,28)29)31-33(18)15-5-3-4-14(12-15)32-10-8-30-9-11-32;/h1-7,12,18,30,34H,8-11,13H2;1H. The van der Waals surface area contributed by atoms with Gasteiger partial charge in [0.1, 0.15) is 0 Å². The molecule has 1 atom stereocenters. The number of nitrogens with one attached hydrogen (secondary N) is 1. The number of halogens is 8. The van der Waals surface area contributed by atoms with Gasteiger partial charge in [0.15, 0.2) is 0 Å².